The summed E-state index contributed by atoms with van der Waals surface area (Å²) in [5.74, 6) is 0. The highest BCUT2D eigenvalue weighted by Gasteiger charge is 2.46. The molecule has 2 amide bonds. The van der Waals surface area contributed by atoms with Crippen molar-refractivity contribution in [1.82, 2.24) is 4.90 Å². The highest BCUT2D eigenvalue weighted by molar-refractivity contribution is 6.42. The fourth-order valence-electron chi connectivity index (χ4n) is 5.46. The molecule has 0 aromatic heterocycles. The Labute approximate surface area is 216 Å². The van der Waals surface area contributed by atoms with Gasteiger partial charge in [0.1, 0.15) is 0 Å². The normalized spacial score (nSPS) is 16.9. The number of hydrogen-bond acceptors (Lipinski definition) is 3. The van der Waals surface area contributed by atoms with Gasteiger partial charge >= 0.3 is 6.03 Å². The van der Waals surface area contributed by atoms with E-state index in [0.717, 1.165) is 61.4 Å². The van der Waals surface area contributed by atoms with Crippen LogP contribution in [-0.4, -0.2) is 37.1 Å². The van der Waals surface area contributed by atoms with E-state index in [1.165, 1.54) is 5.56 Å². The van der Waals surface area contributed by atoms with Crippen molar-refractivity contribution in [2.75, 3.05) is 42.1 Å². The molecule has 5 nitrogen and oxygen atoms in total. The number of amides is 2. The Kier molecular flexibility index (Phi) is 6.67. The molecule has 0 unspecified atom stereocenters. The van der Waals surface area contributed by atoms with E-state index in [2.05, 4.69) is 41.4 Å². The van der Waals surface area contributed by atoms with Crippen LogP contribution in [0.3, 0.4) is 0 Å². The average molecular weight is 509 g/mol. The number of likely N-dealkylation sites (tertiary alicyclic amines) is 1. The summed E-state index contributed by atoms with van der Waals surface area (Å²) in [6, 6.07) is 19.4. The number of nitrogens with two attached hydrogens (primary N) is 1. The minimum absolute atomic E-state index is 0.0646. The first-order valence-electron chi connectivity index (χ1n) is 12.1. The average Bonchev–Trinajstić information content (AvgIpc) is 3.17. The Bertz CT molecular complexity index is 1250. The highest BCUT2D eigenvalue weighted by atomic mass is 35.5. The van der Waals surface area contributed by atoms with E-state index in [1.54, 1.807) is 18.2 Å². The number of hydrogen-bond donors (Lipinski definition) is 2. The molecular weight excluding hydrogens is 479 g/mol. The fourth-order valence-corrected chi connectivity index (χ4v) is 5.76. The summed E-state index contributed by atoms with van der Waals surface area (Å²) < 4.78 is 0. The second-order valence-electron chi connectivity index (χ2n) is 9.62. The van der Waals surface area contributed by atoms with Gasteiger partial charge in [0.15, 0.2) is 0 Å². The molecule has 7 heteroatoms. The molecule has 1 saturated heterocycles. The van der Waals surface area contributed by atoms with Crippen LogP contribution in [0.5, 0.6) is 0 Å². The van der Waals surface area contributed by atoms with Crippen LogP contribution >= 0.6 is 23.2 Å². The van der Waals surface area contributed by atoms with Gasteiger partial charge in [-0.05, 0) is 98.1 Å². The lowest BCUT2D eigenvalue weighted by Gasteiger charge is -2.40. The molecular formula is C28H30Cl2N4O. The number of halogens is 2. The lowest BCUT2D eigenvalue weighted by atomic mass is 9.73. The van der Waals surface area contributed by atoms with Crippen molar-refractivity contribution in [2.45, 2.75) is 31.6 Å². The molecule has 1 fully saturated rings. The summed E-state index contributed by atoms with van der Waals surface area (Å²) in [7, 11) is 0. The van der Waals surface area contributed by atoms with Gasteiger partial charge in [0.25, 0.3) is 0 Å². The monoisotopic (exact) mass is 508 g/mol. The van der Waals surface area contributed by atoms with E-state index in [-0.39, 0.29) is 11.4 Å². The molecule has 2 aliphatic heterocycles. The van der Waals surface area contributed by atoms with Crippen LogP contribution in [-0.2, 0) is 5.41 Å². The molecule has 0 saturated carbocycles. The molecule has 0 bridgehead atoms. The van der Waals surface area contributed by atoms with Crippen molar-refractivity contribution in [2.24, 2.45) is 0 Å². The Morgan fingerprint density at radius 1 is 1.00 bits per heavy atom. The van der Waals surface area contributed by atoms with Gasteiger partial charge in [-0.15, -0.1) is 0 Å². The van der Waals surface area contributed by atoms with Gasteiger partial charge in [-0.2, -0.15) is 0 Å². The van der Waals surface area contributed by atoms with Gasteiger partial charge in [0.05, 0.1) is 10.0 Å². The van der Waals surface area contributed by atoms with E-state index in [4.69, 9.17) is 28.9 Å². The lowest BCUT2D eigenvalue weighted by Crippen LogP contribution is -2.46. The number of benzene rings is 3. The zero-order valence-electron chi connectivity index (χ0n) is 19.9. The number of fused-ring (bicyclic) bond motifs is 2. The molecule has 35 heavy (non-hydrogen) atoms. The quantitative estimate of drug-likeness (QED) is 0.371. The van der Waals surface area contributed by atoms with Crippen LogP contribution in [0.2, 0.25) is 10.0 Å². The Morgan fingerprint density at radius 3 is 2.49 bits per heavy atom. The molecule has 0 radical (unpaired) electrons. The van der Waals surface area contributed by atoms with Crippen LogP contribution in [0, 0.1) is 0 Å². The first-order chi connectivity index (χ1) is 16.9. The minimum atomic E-state index is -0.158. The number of nitrogens with one attached hydrogen (secondary N) is 1. The second-order valence-corrected chi connectivity index (χ2v) is 10.4. The van der Waals surface area contributed by atoms with Crippen LogP contribution in [0.1, 0.15) is 31.7 Å². The molecule has 3 aromatic rings. The van der Waals surface area contributed by atoms with Crippen molar-refractivity contribution in [3.05, 3.63) is 76.3 Å². The van der Waals surface area contributed by atoms with Gasteiger partial charge in [0.2, 0.25) is 0 Å². The summed E-state index contributed by atoms with van der Waals surface area (Å²) in [4.78, 5) is 17.9. The van der Waals surface area contributed by atoms with E-state index in [9.17, 15) is 4.79 Å². The first-order valence-corrected chi connectivity index (χ1v) is 12.9. The predicted octanol–water partition coefficient (Wildman–Crippen LogP) is 7.04. The van der Waals surface area contributed by atoms with Gasteiger partial charge < -0.3 is 16.0 Å². The summed E-state index contributed by atoms with van der Waals surface area (Å²) in [5, 5.41) is 3.89. The molecule has 1 spiro atoms. The molecule has 182 valence electrons. The fraction of sp³-hybridized carbons (Fsp3) is 0.321. The third kappa shape index (κ3) is 4.73. The number of rotatable bonds is 4. The summed E-state index contributed by atoms with van der Waals surface area (Å²) in [6.07, 6.45) is 3.20. The topological polar surface area (TPSA) is 61.6 Å². The van der Waals surface area contributed by atoms with Crippen molar-refractivity contribution >= 4 is 46.3 Å². The molecule has 3 aromatic carbocycles. The van der Waals surface area contributed by atoms with Gasteiger partial charge in [-0.1, -0.05) is 48.3 Å². The van der Waals surface area contributed by atoms with E-state index >= 15 is 0 Å². The van der Waals surface area contributed by atoms with E-state index < -0.39 is 0 Å². The number of nitrogens with zero attached hydrogens (tertiary/aromatic N) is 2. The van der Waals surface area contributed by atoms with Gasteiger partial charge in [0, 0.05) is 29.0 Å². The summed E-state index contributed by atoms with van der Waals surface area (Å²) in [6.45, 7) is 6.09. The van der Waals surface area contributed by atoms with Crippen molar-refractivity contribution in [1.29, 1.82) is 0 Å². The van der Waals surface area contributed by atoms with Crippen LogP contribution in [0.4, 0.5) is 21.9 Å². The first kappa shape index (κ1) is 24.0. The molecule has 0 atom stereocenters. The minimum Gasteiger partial charge on any atom is -0.399 e. The zero-order valence-corrected chi connectivity index (χ0v) is 21.4. The number of carbonyl (C=O) groups excluding carboxylic acids is 1. The smallest absolute Gasteiger partial charge is 0.326 e. The van der Waals surface area contributed by atoms with E-state index in [0.29, 0.717) is 22.3 Å². The zero-order chi connectivity index (χ0) is 24.6. The molecule has 2 heterocycles. The summed E-state index contributed by atoms with van der Waals surface area (Å²) >= 11 is 12.2. The molecule has 3 N–H and O–H groups in total. The number of nitrogen functional groups attached to an aromatic ring is 1. The molecule has 2 aliphatic rings. The van der Waals surface area contributed by atoms with Crippen molar-refractivity contribution in [3.63, 3.8) is 0 Å². The maximum absolute atomic E-state index is 13.5. The maximum atomic E-state index is 13.5. The molecule has 0 aliphatic carbocycles. The summed E-state index contributed by atoms with van der Waals surface area (Å²) in [5.41, 5.74) is 11.8. The number of urea groups is 1. The highest BCUT2D eigenvalue weighted by Crippen LogP contribution is 2.48. The SMILES string of the molecule is CCCN1CCC2(CC1)CN(C(=O)Nc1ccc(Cl)c(Cl)c1)c1ccc(-c3cccc(N)c3)cc12. The number of carbonyl (C=O) groups is 1. The second kappa shape index (κ2) is 9.73. The van der Waals surface area contributed by atoms with Crippen LogP contribution in [0.15, 0.2) is 60.7 Å². The number of anilines is 3. The Morgan fingerprint density at radius 2 is 1.77 bits per heavy atom. The van der Waals surface area contributed by atoms with Gasteiger partial charge in [-0.25, -0.2) is 4.79 Å². The standard InChI is InChI=1S/C28H30Cl2N4O/c1-2-12-33-13-10-28(11-14-33)18-34(27(35)32-22-7-8-24(29)25(30)17-22)26-9-6-20(16-23(26)28)19-4-3-5-21(31)15-19/h3-9,15-17H,2,10-14,18,31H2,1H3,(H,32,35). The van der Waals surface area contributed by atoms with Crippen LogP contribution < -0.4 is 16.0 Å². The molecule has 5 rings (SSSR count). The number of piperidine rings is 1. The van der Waals surface area contributed by atoms with Crippen LogP contribution in [0.25, 0.3) is 11.1 Å². The largest absolute Gasteiger partial charge is 0.399 e. The third-order valence-corrected chi connectivity index (χ3v) is 8.05. The van der Waals surface area contributed by atoms with Crippen molar-refractivity contribution in [3.8, 4) is 11.1 Å². The third-order valence-electron chi connectivity index (χ3n) is 7.31. The van der Waals surface area contributed by atoms with Crippen molar-refractivity contribution < 1.29 is 4.79 Å². The van der Waals surface area contributed by atoms with Gasteiger partial charge in [-0.3, -0.25) is 4.90 Å². The predicted molar refractivity (Wildman–Crippen MR) is 147 cm³/mol. The Hall–Kier alpha value is -2.73. The maximum Gasteiger partial charge on any atom is 0.326 e. The Balaban J connectivity index is 1.49. The van der Waals surface area contributed by atoms with E-state index in [1.807, 2.05) is 23.1 Å². The lowest BCUT2D eigenvalue weighted by molar-refractivity contribution is 0.166.